The Bertz CT molecular complexity index is 997. The van der Waals surface area contributed by atoms with Gasteiger partial charge in [0, 0.05) is 24.0 Å². The number of anilines is 1. The summed E-state index contributed by atoms with van der Waals surface area (Å²) in [6, 6.07) is 18.7. The molecule has 130 valence electrons. The van der Waals surface area contributed by atoms with E-state index in [0.29, 0.717) is 23.4 Å². The van der Waals surface area contributed by atoms with Crippen LogP contribution in [0.1, 0.15) is 32.9 Å². The van der Waals surface area contributed by atoms with E-state index in [-0.39, 0.29) is 5.91 Å². The van der Waals surface area contributed by atoms with Crippen LogP contribution in [-0.2, 0) is 6.54 Å². The molecule has 0 aliphatic rings. The van der Waals surface area contributed by atoms with Gasteiger partial charge in [0.05, 0.1) is 23.9 Å². The molecular weight excluding hydrogens is 324 g/mol. The summed E-state index contributed by atoms with van der Waals surface area (Å²) in [6.07, 6.45) is 0. The fourth-order valence-electron chi connectivity index (χ4n) is 2.91. The highest BCUT2D eigenvalue weighted by molar-refractivity contribution is 6.05. The van der Waals surface area contributed by atoms with Crippen LogP contribution < -0.4 is 4.90 Å². The van der Waals surface area contributed by atoms with Crippen molar-refractivity contribution in [2.24, 2.45) is 0 Å². The summed E-state index contributed by atoms with van der Waals surface area (Å²) in [6.45, 7) is 4.60. The highest BCUT2D eigenvalue weighted by atomic mass is 16.2. The first-order valence-electron chi connectivity index (χ1n) is 8.36. The largest absolute Gasteiger partial charge is 0.311 e. The summed E-state index contributed by atoms with van der Waals surface area (Å²) in [5.74, 6) is -0.115. The predicted octanol–water partition coefficient (Wildman–Crippen LogP) is 3.70. The molecule has 2 aromatic carbocycles. The Morgan fingerprint density at radius 3 is 2.62 bits per heavy atom. The molecule has 0 atom stereocenters. The van der Waals surface area contributed by atoms with Crippen molar-refractivity contribution in [2.75, 3.05) is 11.9 Å². The van der Waals surface area contributed by atoms with Gasteiger partial charge in [-0.25, -0.2) is 0 Å². The summed E-state index contributed by atoms with van der Waals surface area (Å²) < 4.78 is 1.93. The van der Waals surface area contributed by atoms with Gasteiger partial charge in [0.2, 0.25) is 0 Å². The molecule has 0 saturated carbocycles. The van der Waals surface area contributed by atoms with Crippen LogP contribution in [0.15, 0.2) is 54.6 Å². The maximum atomic E-state index is 12.8. The molecule has 0 saturated heterocycles. The monoisotopic (exact) mass is 344 g/mol. The molecule has 3 rings (SSSR count). The first-order valence-corrected chi connectivity index (χ1v) is 8.36. The van der Waals surface area contributed by atoms with E-state index in [4.69, 9.17) is 5.26 Å². The maximum Gasteiger partial charge on any atom is 0.258 e. The Labute approximate surface area is 153 Å². The van der Waals surface area contributed by atoms with E-state index in [1.165, 1.54) is 0 Å². The smallest absolute Gasteiger partial charge is 0.258 e. The second kappa shape index (κ2) is 7.24. The minimum atomic E-state index is -0.115. The molecule has 3 aromatic rings. The Kier molecular flexibility index (Phi) is 4.85. The molecule has 1 amide bonds. The molecule has 0 aliphatic heterocycles. The Balaban J connectivity index is 1.83. The zero-order valence-electron chi connectivity index (χ0n) is 15.1. The molecule has 1 aromatic heterocycles. The van der Waals surface area contributed by atoms with Gasteiger partial charge in [-0.05, 0) is 55.8 Å². The minimum Gasteiger partial charge on any atom is -0.311 e. The van der Waals surface area contributed by atoms with Crippen molar-refractivity contribution in [1.82, 2.24) is 9.78 Å². The van der Waals surface area contributed by atoms with E-state index in [1.54, 1.807) is 36.2 Å². The number of carbonyl (C=O) groups is 1. The number of aromatic nitrogens is 2. The molecule has 0 bridgehead atoms. The summed E-state index contributed by atoms with van der Waals surface area (Å²) in [5.41, 5.74) is 4.91. The average molecular weight is 344 g/mol. The average Bonchev–Trinajstić information content (AvgIpc) is 2.97. The van der Waals surface area contributed by atoms with Crippen molar-refractivity contribution in [2.45, 2.75) is 20.4 Å². The summed E-state index contributed by atoms with van der Waals surface area (Å²) in [7, 11) is 1.71. The molecule has 26 heavy (non-hydrogen) atoms. The van der Waals surface area contributed by atoms with Crippen LogP contribution in [0.25, 0.3) is 0 Å². The number of carbonyl (C=O) groups excluding carboxylic acids is 1. The molecule has 0 aliphatic carbocycles. The van der Waals surface area contributed by atoms with E-state index >= 15 is 0 Å². The van der Waals surface area contributed by atoms with Gasteiger partial charge in [-0.2, -0.15) is 10.4 Å². The minimum absolute atomic E-state index is 0.115. The maximum absolute atomic E-state index is 12.8. The number of rotatable bonds is 4. The van der Waals surface area contributed by atoms with Crippen LogP contribution in [0.2, 0.25) is 0 Å². The van der Waals surface area contributed by atoms with Gasteiger partial charge in [0.1, 0.15) is 0 Å². The Hall–Kier alpha value is -3.39. The highest BCUT2D eigenvalue weighted by Gasteiger charge is 2.14. The van der Waals surface area contributed by atoms with Crippen molar-refractivity contribution in [3.8, 4) is 6.07 Å². The summed E-state index contributed by atoms with van der Waals surface area (Å²) in [5, 5.41) is 13.5. The number of nitrogens with zero attached hydrogens (tertiary/aromatic N) is 4. The summed E-state index contributed by atoms with van der Waals surface area (Å²) in [4.78, 5) is 14.4. The van der Waals surface area contributed by atoms with Crippen LogP contribution in [0, 0.1) is 25.2 Å². The summed E-state index contributed by atoms with van der Waals surface area (Å²) >= 11 is 0. The Morgan fingerprint density at radius 1 is 1.15 bits per heavy atom. The van der Waals surface area contributed by atoms with Gasteiger partial charge < -0.3 is 4.90 Å². The van der Waals surface area contributed by atoms with Gasteiger partial charge in [0.15, 0.2) is 0 Å². The third kappa shape index (κ3) is 3.65. The first kappa shape index (κ1) is 17.4. The number of nitriles is 1. The fraction of sp³-hybridized carbons (Fsp3) is 0.190. The lowest BCUT2D eigenvalue weighted by molar-refractivity contribution is 0.0993. The molecule has 0 fully saturated rings. The van der Waals surface area contributed by atoms with E-state index in [1.807, 2.05) is 48.9 Å². The van der Waals surface area contributed by atoms with Crippen LogP contribution in [-0.4, -0.2) is 22.7 Å². The Morgan fingerprint density at radius 2 is 1.92 bits per heavy atom. The third-order valence-corrected chi connectivity index (χ3v) is 4.28. The lowest BCUT2D eigenvalue weighted by Gasteiger charge is -2.18. The van der Waals surface area contributed by atoms with E-state index in [9.17, 15) is 4.79 Å². The van der Waals surface area contributed by atoms with Crippen LogP contribution in [0.3, 0.4) is 0 Å². The van der Waals surface area contributed by atoms with Gasteiger partial charge >= 0.3 is 0 Å². The topological polar surface area (TPSA) is 61.9 Å². The van der Waals surface area contributed by atoms with Gasteiger partial charge in [0.25, 0.3) is 5.91 Å². The van der Waals surface area contributed by atoms with Gasteiger partial charge in [-0.15, -0.1) is 0 Å². The van der Waals surface area contributed by atoms with Crippen molar-refractivity contribution in [3.63, 3.8) is 0 Å². The molecule has 1 heterocycles. The second-order valence-corrected chi connectivity index (χ2v) is 6.31. The standard InChI is InChI=1S/C21H20N4O/c1-15-10-16(2)25(23-15)14-18-7-4-8-19(11-18)21(26)24(3)20-9-5-6-17(12-20)13-22/h4-12H,14H2,1-3H3. The zero-order chi connectivity index (χ0) is 18.7. The van der Waals surface area contributed by atoms with Crippen molar-refractivity contribution in [3.05, 3.63) is 82.7 Å². The number of hydrogen-bond donors (Lipinski definition) is 0. The number of amides is 1. The van der Waals surface area contributed by atoms with E-state index in [0.717, 1.165) is 17.0 Å². The quantitative estimate of drug-likeness (QED) is 0.725. The lowest BCUT2D eigenvalue weighted by atomic mass is 10.1. The predicted molar refractivity (Wildman–Crippen MR) is 101 cm³/mol. The van der Waals surface area contributed by atoms with Crippen molar-refractivity contribution >= 4 is 11.6 Å². The molecular formula is C21H20N4O. The second-order valence-electron chi connectivity index (χ2n) is 6.31. The zero-order valence-corrected chi connectivity index (χ0v) is 15.1. The van der Waals surface area contributed by atoms with Crippen LogP contribution in [0.5, 0.6) is 0 Å². The van der Waals surface area contributed by atoms with Crippen LogP contribution in [0.4, 0.5) is 5.69 Å². The molecule has 5 nitrogen and oxygen atoms in total. The van der Waals surface area contributed by atoms with Crippen LogP contribution >= 0.6 is 0 Å². The molecule has 0 N–H and O–H groups in total. The van der Waals surface area contributed by atoms with Gasteiger partial charge in [-0.3, -0.25) is 9.48 Å². The molecule has 0 radical (unpaired) electrons. The molecule has 0 spiro atoms. The number of hydrogen-bond acceptors (Lipinski definition) is 3. The SMILES string of the molecule is Cc1cc(C)n(Cc2cccc(C(=O)N(C)c3cccc(C#N)c3)c2)n1. The third-order valence-electron chi connectivity index (χ3n) is 4.28. The first-order chi connectivity index (χ1) is 12.5. The van der Waals surface area contributed by atoms with Gasteiger partial charge in [-0.1, -0.05) is 18.2 Å². The lowest BCUT2D eigenvalue weighted by Crippen LogP contribution is -2.26. The number of aryl methyl sites for hydroxylation is 2. The van der Waals surface area contributed by atoms with Crippen molar-refractivity contribution < 1.29 is 4.79 Å². The fourth-order valence-corrected chi connectivity index (χ4v) is 2.91. The molecule has 5 heteroatoms. The van der Waals surface area contributed by atoms with E-state index < -0.39 is 0 Å². The molecule has 0 unspecified atom stereocenters. The van der Waals surface area contributed by atoms with Crippen molar-refractivity contribution in [1.29, 1.82) is 5.26 Å². The normalized spacial score (nSPS) is 10.4. The van der Waals surface area contributed by atoms with E-state index in [2.05, 4.69) is 11.2 Å². The number of benzene rings is 2. The highest BCUT2D eigenvalue weighted by Crippen LogP contribution is 2.18.